The zero-order valence-corrected chi connectivity index (χ0v) is 18.2. The highest BCUT2D eigenvalue weighted by molar-refractivity contribution is 6.30. The van der Waals surface area contributed by atoms with Crippen molar-refractivity contribution >= 4 is 17.4 Å². The zero-order chi connectivity index (χ0) is 20.5. The minimum Gasteiger partial charge on any atom is -0.390 e. The first kappa shape index (κ1) is 20.5. The van der Waals surface area contributed by atoms with Gasteiger partial charge in [0.05, 0.1) is 12.1 Å². The minimum absolute atomic E-state index is 0.155. The highest BCUT2D eigenvalue weighted by Gasteiger charge is 2.38. The van der Waals surface area contributed by atoms with Crippen LogP contribution in [0.4, 0.5) is 5.82 Å². The standard InChI is InChI=1S/C22H30ClN5O/c1-15-16(2)24-17(3)25-22(15)28-13-20(21(29)14-28)27-10-8-26(9-11-27)12-18-4-6-19(23)7-5-18/h4-7,20-21,29H,8-14H2,1-3H3/t20-,21-/m1/s1. The van der Waals surface area contributed by atoms with Crippen LogP contribution in [0.15, 0.2) is 24.3 Å². The third kappa shape index (κ3) is 4.56. The average molecular weight is 416 g/mol. The molecular weight excluding hydrogens is 386 g/mol. The normalized spacial score (nSPS) is 23.7. The van der Waals surface area contributed by atoms with Crippen LogP contribution in [0, 0.1) is 20.8 Å². The third-order valence-electron chi connectivity index (χ3n) is 6.23. The molecule has 0 saturated carbocycles. The summed E-state index contributed by atoms with van der Waals surface area (Å²) in [5.41, 5.74) is 3.41. The minimum atomic E-state index is -0.354. The van der Waals surface area contributed by atoms with Crippen molar-refractivity contribution in [3.05, 3.63) is 51.9 Å². The summed E-state index contributed by atoms with van der Waals surface area (Å²) in [6.07, 6.45) is -0.354. The van der Waals surface area contributed by atoms with Crippen LogP contribution < -0.4 is 4.90 Å². The molecule has 3 heterocycles. The van der Waals surface area contributed by atoms with Gasteiger partial charge in [0.1, 0.15) is 11.6 Å². The second-order valence-corrected chi connectivity index (χ2v) is 8.72. The lowest BCUT2D eigenvalue weighted by Gasteiger charge is -2.38. The predicted octanol–water partition coefficient (Wildman–Crippen LogP) is 2.42. The first-order chi connectivity index (χ1) is 13.9. The Labute approximate surface area is 178 Å². The first-order valence-electron chi connectivity index (χ1n) is 10.4. The molecule has 0 bridgehead atoms. The van der Waals surface area contributed by atoms with Crippen LogP contribution in [-0.4, -0.2) is 76.3 Å². The number of anilines is 1. The molecule has 0 unspecified atom stereocenters. The van der Waals surface area contributed by atoms with Gasteiger partial charge in [-0.25, -0.2) is 9.97 Å². The SMILES string of the molecule is Cc1nc(C)c(C)c(N2C[C@@H](O)[C@H](N3CCN(Cc4ccc(Cl)cc4)CC3)C2)n1. The monoisotopic (exact) mass is 415 g/mol. The number of aliphatic hydroxyl groups is 1. The van der Waals surface area contributed by atoms with E-state index in [-0.39, 0.29) is 12.1 Å². The van der Waals surface area contributed by atoms with Crippen molar-refractivity contribution in [2.45, 2.75) is 39.5 Å². The summed E-state index contributed by atoms with van der Waals surface area (Å²) in [5, 5.41) is 11.6. The second-order valence-electron chi connectivity index (χ2n) is 8.28. The highest BCUT2D eigenvalue weighted by Crippen LogP contribution is 2.27. The summed E-state index contributed by atoms with van der Waals surface area (Å²) in [7, 11) is 0. The Bertz CT molecular complexity index is 851. The first-order valence-corrected chi connectivity index (χ1v) is 10.7. The van der Waals surface area contributed by atoms with Crippen molar-refractivity contribution in [3.63, 3.8) is 0 Å². The summed E-state index contributed by atoms with van der Waals surface area (Å²) in [6.45, 7) is 12.4. The van der Waals surface area contributed by atoms with Crippen molar-refractivity contribution in [1.29, 1.82) is 0 Å². The molecule has 2 atom stereocenters. The fraction of sp³-hybridized carbons (Fsp3) is 0.545. The molecule has 29 heavy (non-hydrogen) atoms. The molecule has 1 N–H and O–H groups in total. The maximum absolute atomic E-state index is 10.8. The van der Waals surface area contributed by atoms with E-state index in [1.807, 2.05) is 26.0 Å². The molecule has 2 aliphatic heterocycles. The lowest BCUT2D eigenvalue weighted by atomic mass is 10.1. The molecule has 0 spiro atoms. The average Bonchev–Trinajstić information content (AvgIpc) is 3.08. The van der Waals surface area contributed by atoms with Gasteiger partial charge in [-0.05, 0) is 38.5 Å². The van der Waals surface area contributed by atoms with Crippen LogP contribution >= 0.6 is 11.6 Å². The number of β-amino-alcohol motifs (C(OH)–C–C–N with tert-alkyl or cyclic N) is 1. The van der Waals surface area contributed by atoms with Gasteiger partial charge in [0.15, 0.2) is 0 Å². The molecule has 7 heteroatoms. The van der Waals surface area contributed by atoms with Crippen molar-refractivity contribution in [1.82, 2.24) is 19.8 Å². The van der Waals surface area contributed by atoms with Crippen LogP contribution in [0.1, 0.15) is 22.6 Å². The summed E-state index contributed by atoms with van der Waals surface area (Å²) in [4.78, 5) is 16.3. The van der Waals surface area contributed by atoms with Gasteiger partial charge < -0.3 is 10.0 Å². The Hall–Kier alpha value is -1.73. The van der Waals surface area contributed by atoms with Gasteiger partial charge in [-0.3, -0.25) is 9.80 Å². The van der Waals surface area contributed by atoms with Crippen molar-refractivity contribution in [2.24, 2.45) is 0 Å². The zero-order valence-electron chi connectivity index (χ0n) is 17.5. The van der Waals surface area contributed by atoms with Crippen LogP contribution in [-0.2, 0) is 6.54 Å². The van der Waals surface area contributed by atoms with E-state index < -0.39 is 0 Å². The number of piperazine rings is 1. The van der Waals surface area contributed by atoms with E-state index in [0.29, 0.717) is 6.54 Å². The summed E-state index contributed by atoms with van der Waals surface area (Å²) < 4.78 is 0. The van der Waals surface area contributed by atoms with Crippen molar-refractivity contribution in [2.75, 3.05) is 44.2 Å². The number of aromatic nitrogens is 2. The maximum atomic E-state index is 10.8. The van der Waals surface area contributed by atoms with E-state index in [0.717, 1.165) is 67.2 Å². The number of hydrogen-bond acceptors (Lipinski definition) is 6. The number of rotatable bonds is 4. The molecule has 1 aromatic heterocycles. The van der Waals surface area contributed by atoms with E-state index in [2.05, 4.69) is 43.7 Å². The van der Waals surface area contributed by atoms with E-state index in [4.69, 9.17) is 11.6 Å². The van der Waals surface area contributed by atoms with Gasteiger partial charge in [0.25, 0.3) is 0 Å². The number of aliphatic hydroxyl groups excluding tert-OH is 1. The third-order valence-corrected chi connectivity index (χ3v) is 6.48. The molecule has 0 aliphatic carbocycles. The van der Waals surface area contributed by atoms with Crippen LogP contribution in [0.3, 0.4) is 0 Å². The number of hydrogen-bond donors (Lipinski definition) is 1. The summed E-state index contributed by atoms with van der Waals surface area (Å²) in [5.74, 6) is 1.76. The molecule has 2 aliphatic rings. The largest absolute Gasteiger partial charge is 0.390 e. The Kier molecular flexibility index (Phi) is 6.06. The number of benzene rings is 1. The van der Waals surface area contributed by atoms with Gasteiger partial charge in [-0.2, -0.15) is 0 Å². The topological polar surface area (TPSA) is 55.7 Å². The molecule has 4 rings (SSSR count). The van der Waals surface area contributed by atoms with Crippen LogP contribution in [0.5, 0.6) is 0 Å². The van der Waals surface area contributed by atoms with Gasteiger partial charge in [-0.15, -0.1) is 0 Å². The van der Waals surface area contributed by atoms with E-state index >= 15 is 0 Å². The Morgan fingerprint density at radius 1 is 1.00 bits per heavy atom. The number of halogens is 1. The highest BCUT2D eigenvalue weighted by atomic mass is 35.5. The molecule has 156 valence electrons. The molecule has 2 saturated heterocycles. The Morgan fingerprint density at radius 2 is 1.69 bits per heavy atom. The number of nitrogens with zero attached hydrogens (tertiary/aromatic N) is 5. The van der Waals surface area contributed by atoms with Crippen molar-refractivity contribution in [3.8, 4) is 0 Å². The maximum Gasteiger partial charge on any atom is 0.135 e. The van der Waals surface area contributed by atoms with Gasteiger partial charge in [0, 0.05) is 62.1 Å². The second kappa shape index (κ2) is 8.56. The van der Waals surface area contributed by atoms with Crippen LogP contribution in [0.2, 0.25) is 5.02 Å². The number of aryl methyl sites for hydroxylation is 2. The summed E-state index contributed by atoms with van der Waals surface area (Å²) >= 11 is 5.99. The molecule has 0 amide bonds. The van der Waals surface area contributed by atoms with Crippen LogP contribution in [0.25, 0.3) is 0 Å². The van der Waals surface area contributed by atoms with E-state index in [9.17, 15) is 5.11 Å². The summed E-state index contributed by atoms with van der Waals surface area (Å²) in [6, 6.07) is 8.26. The Balaban J connectivity index is 1.36. The molecule has 0 radical (unpaired) electrons. The fourth-order valence-corrected chi connectivity index (χ4v) is 4.59. The lowest BCUT2D eigenvalue weighted by molar-refractivity contribution is 0.0424. The molecule has 6 nitrogen and oxygen atoms in total. The van der Waals surface area contributed by atoms with Gasteiger partial charge in [-0.1, -0.05) is 23.7 Å². The van der Waals surface area contributed by atoms with E-state index in [1.165, 1.54) is 5.56 Å². The molecule has 2 fully saturated rings. The predicted molar refractivity (Wildman–Crippen MR) is 117 cm³/mol. The Morgan fingerprint density at radius 3 is 2.38 bits per heavy atom. The van der Waals surface area contributed by atoms with Gasteiger partial charge in [0.2, 0.25) is 0 Å². The molecular formula is C22H30ClN5O. The quantitative estimate of drug-likeness (QED) is 0.827. The van der Waals surface area contributed by atoms with Crippen molar-refractivity contribution < 1.29 is 5.11 Å². The fourth-order valence-electron chi connectivity index (χ4n) is 4.46. The smallest absolute Gasteiger partial charge is 0.135 e. The van der Waals surface area contributed by atoms with Gasteiger partial charge >= 0.3 is 0 Å². The molecule has 1 aromatic carbocycles. The molecule has 2 aromatic rings. The van der Waals surface area contributed by atoms with E-state index in [1.54, 1.807) is 0 Å². The lowest BCUT2D eigenvalue weighted by Crippen LogP contribution is -2.53.